The molecule has 6 N–H and O–H groups in total. The van der Waals surface area contributed by atoms with Crippen molar-refractivity contribution in [2.75, 3.05) is 13.2 Å². The van der Waals surface area contributed by atoms with Gasteiger partial charge in [-0.25, -0.2) is 4.57 Å². The van der Waals surface area contributed by atoms with Crippen LogP contribution in [0.15, 0.2) is 85.1 Å². The molecule has 1 aliphatic carbocycles. The highest BCUT2D eigenvalue weighted by Gasteiger charge is 2.51. The molecule has 0 spiro atoms. The van der Waals surface area contributed by atoms with Crippen LogP contribution in [-0.2, 0) is 32.7 Å². The predicted molar refractivity (Wildman–Crippen MR) is 230 cm³/mol. The van der Waals surface area contributed by atoms with Crippen LogP contribution in [0.3, 0.4) is 0 Å². The highest BCUT2D eigenvalue weighted by molar-refractivity contribution is 7.47. The third kappa shape index (κ3) is 27.5. The van der Waals surface area contributed by atoms with Crippen LogP contribution in [0.1, 0.15) is 129 Å². The maximum absolute atomic E-state index is 12.8. The number of carbonyl (C=O) groups excluding carboxylic acids is 2. The molecule has 0 saturated heterocycles. The number of aliphatic hydroxyl groups excluding tert-OH is 5. The number of esters is 2. The number of allylic oxidation sites excluding steroid dienone is 14. The standard InChI is InChI=1S/C45H73O13P/c1-3-5-7-9-11-13-15-17-19-21-23-25-27-29-31-33-38(46)55-35-37(36-56-59(53,54)58-45-43(51)41(49)40(48)42(50)44(45)52)57-39(47)34-32-30-28-26-24-22-20-18-16-14-12-10-8-6-4-2/h5-8,11-14,17-20,24,26,37,40-45,48-52H,3-4,9-10,15-16,21-23,25,27-36H2,1-2H3,(H,53,54)/b7-5-,8-6-,13-11-,14-12-,19-17-,20-18-,26-24-/t37-,40?,41-,42?,43?,44?,45?/m1/s1. The number of aliphatic hydroxyl groups is 5. The molecule has 0 aromatic rings. The maximum atomic E-state index is 12.8. The Balaban J connectivity index is 2.55. The Hall–Kier alpha value is -2.97. The number of phosphoric ester groups is 1. The van der Waals surface area contributed by atoms with Gasteiger partial charge in [-0.3, -0.25) is 18.6 Å². The smallest absolute Gasteiger partial charge is 0.462 e. The number of ether oxygens (including phenoxy) is 2. The Labute approximate surface area is 352 Å². The highest BCUT2D eigenvalue weighted by atomic mass is 31.2. The van der Waals surface area contributed by atoms with Crippen molar-refractivity contribution in [3.63, 3.8) is 0 Å². The Morgan fingerprint density at radius 2 is 0.915 bits per heavy atom. The summed E-state index contributed by atoms with van der Waals surface area (Å²) in [7, 11) is -5.14. The molecule has 0 bridgehead atoms. The Kier molecular flexibility index (Phi) is 31.8. The quantitative estimate of drug-likeness (QED) is 0.0162. The molecule has 0 aromatic carbocycles. The molecule has 1 rings (SSSR count). The Morgan fingerprint density at radius 1 is 0.525 bits per heavy atom. The van der Waals surface area contributed by atoms with E-state index in [0.29, 0.717) is 19.3 Å². The summed E-state index contributed by atoms with van der Waals surface area (Å²) in [6, 6.07) is 0. The van der Waals surface area contributed by atoms with Crippen LogP contribution in [0.5, 0.6) is 0 Å². The molecule has 336 valence electrons. The third-order valence-electron chi connectivity index (χ3n) is 9.23. The van der Waals surface area contributed by atoms with Crippen LogP contribution >= 0.6 is 7.82 Å². The van der Waals surface area contributed by atoms with Gasteiger partial charge in [0.1, 0.15) is 43.2 Å². The van der Waals surface area contributed by atoms with Crippen LogP contribution < -0.4 is 0 Å². The summed E-state index contributed by atoms with van der Waals surface area (Å²) in [4.78, 5) is 35.6. The van der Waals surface area contributed by atoms with Crippen molar-refractivity contribution >= 4 is 19.8 Å². The fraction of sp³-hybridized carbons (Fsp3) is 0.644. The van der Waals surface area contributed by atoms with E-state index in [9.17, 15) is 44.6 Å². The van der Waals surface area contributed by atoms with Gasteiger partial charge in [-0.05, 0) is 83.5 Å². The molecule has 0 radical (unpaired) electrons. The van der Waals surface area contributed by atoms with Gasteiger partial charge in [0.15, 0.2) is 6.10 Å². The van der Waals surface area contributed by atoms with E-state index in [1.807, 2.05) is 6.08 Å². The number of phosphoric acid groups is 1. The summed E-state index contributed by atoms with van der Waals surface area (Å²) >= 11 is 0. The van der Waals surface area contributed by atoms with E-state index in [1.165, 1.54) is 0 Å². The second-order valence-corrected chi connectivity index (χ2v) is 15.8. The molecule has 0 heterocycles. The topological polar surface area (TPSA) is 210 Å². The predicted octanol–water partition coefficient (Wildman–Crippen LogP) is 7.72. The van der Waals surface area contributed by atoms with Crippen molar-refractivity contribution in [2.45, 2.75) is 172 Å². The molecule has 1 saturated carbocycles. The minimum absolute atomic E-state index is 0.0353. The molecule has 6 unspecified atom stereocenters. The molecule has 59 heavy (non-hydrogen) atoms. The Morgan fingerprint density at radius 3 is 1.42 bits per heavy atom. The highest BCUT2D eigenvalue weighted by Crippen LogP contribution is 2.47. The lowest BCUT2D eigenvalue weighted by Gasteiger charge is -2.41. The number of hydrogen-bond acceptors (Lipinski definition) is 12. The molecule has 14 heteroatoms. The summed E-state index contributed by atoms with van der Waals surface area (Å²) in [5.74, 6) is -1.18. The third-order valence-corrected chi connectivity index (χ3v) is 10.2. The first-order chi connectivity index (χ1) is 28.4. The average Bonchev–Trinajstić information content (AvgIpc) is 3.21. The van der Waals surface area contributed by atoms with Gasteiger partial charge < -0.3 is 39.9 Å². The van der Waals surface area contributed by atoms with Crippen LogP contribution in [0, 0.1) is 0 Å². The first-order valence-electron chi connectivity index (χ1n) is 21.4. The van der Waals surface area contributed by atoms with Crippen molar-refractivity contribution < 1.29 is 63.1 Å². The number of rotatable bonds is 33. The van der Waals surface area contributed by atoms with Gasteiger partial charge >= 0.3 is 19.8 Å². The molecule has 0 amide bonds. The molecular formula is C45H73O13P. The van der Waals surface area contributed by atoms with Crippen molar-refractivity contribution in [1.82, 2.24) is 0 Å². The number of carbonyl (C=O) groups is 2. The zero-order valence-corrected chi connectivity index (χ0v) is 36.1. The van der Waals surface area contributed by atoms with E-state index in [0.717, 1.165) is 83.5 Å². The Bertz CT molecular complexity index is 1360. The minimum Gasteiger partial charge on any atom is -0.462 e. The van der Waals surface area contributed by atoms with Gasteiger partial charge in [0, 0.05) is 12.8 Å². The van der Waals surface area contributed by atoms with Gasteiger partial charge in [-0.15, -0.1) is 0 Å². The first kappa shape index (κ1) is 54.0. The van der Waals surface area contributed by atoms with Crippen molar-refractivity contribution in [1.29, 1.82) is 0 Å². The monoisotopic (exact) mass is 852 g/mol. The molecule has 0 aromatic heterocycles. The summed E-state index contributed by atoms with van der Waals surface area (Å²) < 4.78 is 33.4. The van der Waals surface area contributed by atoms with Gasteiger partial charge in [0.25, 0.3) is 0 Å². The van der Waals surface area contributed by atoms with Crippen molar-refractivity contribution in [2.24, 2.45) is 0 Å². The summed E-state index contributed by atoms with van der Waals surface area (Å²) in [6.07, 6.45) is 30.8. The zero-order chi connectivity index (χ0) is 43.6. The molecule has 1 fully saturated rings. The van der Waals surface area contributed by atoms with Crippen molar-refractivity contribution in [3.8, 4) is 0 Å². The van der Waals surface area contributed by atoms with E-state index in [4.69, 9.17) is 18.5 Å². The summed E-state index contributed by atoms with van der Waals surface area (Å²) in [5.41, 5.74) is 0. The fourth-order valence-electron chi connectivity index (χ4n) is 5.82. The fourth-order valence-corrected chi connectivity index (χ4v) is 6.79. The second-order valence-electron chi connectivity index (χ2n) is 14.4. The van der Waals surface area contributed by atoms with Crippen LogP contribution in [0.25, 0.3) is 0 Å². The van der Waals surface area contributed by atoms with E-state index >= 15 is 0 Å². The molecular weight excluding hydrogens is 779 g/mol. The van der Waals surface area contributed by atoms with Crippen LogP contribution in [0.2, 0.25) is 0 Å². The van der Waals surface area contributed by atoms with Gasteiger partial charge in [0.05, 0.1) is 6.61 Å². The van der Waals surface area contributed by atoms with Crippen LogP contribution in [0.4, 0.5) is 0 Å². The van der Waals surface area contributed by atoms with Crippen molar-refractivity contribution in [3.05, 3.63) is 85.1 Å². The number of unbranched alkanes of at least 4 members (excludes halogenated alkanes) is 7. The average molecular weight is 853 g/mol. The molecule has 13 nitrogen and oxygen atoms in total. The number of hydrogen-bond donors (Lipinski definition) is 6. The van der Waals surface area contributed by atoms with E-state index in [1.54, 1.807) is 0 Å². The molecule has 0 aliphatic heterocycles. The molecule has 1 aliphatic rings. The SMILES string of the molecule is CC/C=C\C/C=C\C/C=C\C/C=C\CCCCC(=O)O[C@H](COC(=O)CCCCCCC/C=C\C/C=C\C/C=C\CC)COP(=O)(O)OC1C(O)C(O)C(O)[C@@H](O)C1O. The lowest BCUT2D eigenvalue weighted by Crippen LogP contribution is -2.64. The van der Waals surface area contributed by atoms with Crippen LogP contribution in [-0.4, -0.2) is 98.3 Å². The normalized spacial score (nSPS) is 23.2. The van der Waals surface area contributed by atoms with E-state index < -0.39 is 75.7 Å². The van der Waals surface area contributed by atoms with Gasteiger partial charge in [-0.1, -0.05) is 118 Å². The summed E-state index contributed by atoms with van der Waals surface area (Å²) in [5, 5.41) is 50.1. The minimum atomic E-state index is -5.14. The lowest BCUT2D eigenvalue weighted by atomic mass is 9.85. The maximum Gasteiger partial charge on any atom is 0.472 e. The lowest BCUT2D eigenvalue weighted by molar-refractivity contribution is -0.220. The summed E-state index contributed by atoms with van der Waals surface area (Å²) in [6.45, 7) is 2.99. The zero-order valence-electron chi connectivity index (χ0n) is 35.3. The van der Waals surface area contributed by atoms with Gasteiger partial charge in [-0.2, -0.15) is 0 Å². The largest absolute Gasteiger partial charge is 0.472 e. The van der Waals surface area contributed by atoms with E-state index in [-0.39, 0.29) is 12.8 Å². The molecule has 8 atom stereocenters. The van der Waals surface area contributed by atoms with Gasteiger partial charge in [0.2, 0.25) is 0 Å². The van der Waals surface area contributed by atoms with E-state index in [2.05, 4.69) is 92.8 Å². The first-order valence-corrected chi connectivity index (χ1v) is 22.9. The second kappa shape index (κ2) is 34.7.